The molecule has 0 saturated heterocycles. The van der Waals surface area contributed by atoms with E-state index in [1.807, 2.05) is 6.92 Å². The topological polar surface area (TPSA) is 12.0 Å². The average Bonchev–Trinajstić information content (AvgIpc) is 2.41. The van der Waals surface area contributed by atoms with Crippen molar-refractivity contribution in [3.05, 3.63) is 69.7 Å². The molecule has 3 rings (SSSR count). The zero-order chi connectivity index (χ0) is 12.5. The fourth-order valence-electron chi connectivity index (χ4n) is 2.59. The number of fused-ring (bicyclic) bond motifs is 1. The lowest BCUT2D eigenvalue weighted by atomic mass is 9.90. The number of aryl methyl sites for hydroxylation is 1. The molecule has 0 bridgehead atoms. The highest BCUT2D eigenvalue weighted by Gasteiger charge is 2.20. The van der Waals surface area contributed by atoms with Crippen LogP contribution in [0.25, 0.3) is 0 Å². The largest absolute Gasteiger partial charge is 0.306 e. The molecule has 92 valence electrons. The second-order valence-corrected chi connectivity index (χ2v) is 5.25. The lowest BCUT2D eigenvalue weighted by molar-refractivity contribution is 0.568. The minimum atomic E-state index is 0.271. The predicted molar refractivity (Wildman–Crippen MR) is 76.2 cm³/mol. The third-order valence-corrected chi connectivity index (χ3v) is 4.05. The molecule has 2 aromatic rings. The first-order chi connectivity index (χ1) is 8.75. The minimum absolute atomic E-state index is 0.271. The maximum absolute atomic E-state index is 6.23. The predicted octanol–water partition coefficient (Wildman–Crippen LogP) is 3.88. The summed E-state index contributed by atoms with van der Waals surface area (Å²) in [6, 6.07) is 15.3. The average molecular weight is 258 g/mol. The molecule has 0 fully saturated rings. The summed E-state index contributed by atoms with van der Waals surface area (Å²) in [5, 5.41) is 4.42. The van der Waals surface area contributed by atoms with Gasteiger partial charge < -0.3 is 5.32 Å². The van der Waals surface area contributed by atoms with Gasteiger partial charge in [-0.25, -0.2) is 0 Å². The van der Waals surface area contributed by atoms with Crippen molar-refractivity contribution in [3.8, 4) is 0 Å². The summed E-state index contributed by atoms with van der Waals surface area (Å²) in [6.45, 7) is 3.06. The normalized spacial score (nSPS) is 18.4. The maximum atomic E-state index is 6.23. The third kappa shape index (κ3) is 2.05. The molecule has 1 atom stereocenters. The summed E-state index contributed by atoms with van der Waals surface area (Å²) in [4.78, 5) is 0. The van der Waals surface area contributed by atoms with Crippen LogP contribution in [-0.4, -0.2) is 6.54 Å². The van der Waals surface area contributed by atoms with Crippen LogP contribution in [0.4, 0.5) is 0 Å². The summed E-state index contributed by atoms with van der Waals surface area (Å²) in [7, 11) is 0. The summed E-state index contributed by atoms with van der Waals surface area (Å²) in [5.74, 6) is 0. The van der Waals surface area contributed by atoms with Crippen LogP contribution in [-0.2, 0) is 6.42 Å². The Morgan fingerprint density at radius 1 is 1.17 bits per heavy atom. The van der Waals surface area contributed by atoms with E-state index in [0.29, 0.717) is 0 Å². The van der Waals surface area contributed by atoms with Crippen molar-refractivity contribution in [1.82, 2.24) is 5.32 Å². The highest BCUT2D eigenvalue weighted by atomic mass is 35.5. The summed E-state index contributed by atoms with van der Waals surface area (Å²) < 4.78 is 0. The van der Waals surface area contributed by atoms with Gasteiger partial charge in [0.25, 0.3) is 0 Å². The van der Waals surface area contributed by atoms with Gasteiger partial charge in [-0.3, -0.25) is 0 Å². The van der Waals surface area contributed by atoms with E-state index in [1.165, 1.54) is 16.7 Å². The Bertz CT molecular complexity index is 577. The molecule has 0 amide bonds. The van der Waals surface area contributed by atoms with Crippen molar-refractivity contribution < 1.29 is 0 Å². The number of rotatable bonds is 1. The zero-order valence-electron chi connectivity index (χ0n) is 10.4. The molecule has 0 saturated carbocycles. The standard InChI is InChI=1S/C16H16ClN/c1-11-6-7-13(10-15(11)17)16-14-5-3-2-4-12(14)8-9-18-16/h2-7,10,16,18H,8-9H2,1H3. The maximum Gasteiger partial charge on any atom is 0.0580 e. The third-order valence-electron chi connectivity index (χ3n) is 3.64. The number of hydrogen-bond donors (Lipinski definition) is 1. The molecule has 1 nitrogen and oxygen atoms in total. The molecule has 1 aliphatic heterocycles. The van der Waals surface area contributed by atoms with Crippen molar-refractivity contribution in [2.45, 2.75) is 19.4 Å². The van der Waals surface area contributed by atoms with Crippen LogP contribution >= 0.6 is 11.6 Å². The minimum Gasteiger partial charge on any atom is -0.306 e. The Hall–Kier alpha value is -1.31. The van der Waals surface area contributed by atoms with Gasteiger partial charge in [0.05, 0.1) is 6.04 Å². The second kappa shape index (κ2) is 4.75. The van der Waals surface area contributed by atoms with Gasteiger partial charge in [-0.05, 0) is 41.7 Å². The Labute approximate surface area is 113 Å². The second-order valence-electron chi connectivity index (χ2n) is 4.84. The molecule has 1 aliphatic rings. The van der Waals surface area contributed by atoms with Gasteiger partial charge in [0.15, 0.2) is 0 Å². The Morgan fingerprint density at radius 3 is 2.83 bits per heavy atom. The molecule has 2 heteroatoms. The fourth-order valence-corrected chi connectivity index (χ4v) is 2.78. The van der Waals surface area contributed by atoms with Crippen molar-refractivity contribution in [2.24, 2.45) is 0 Å². The first-order valence-corrected chi connectivity index (χ1v) is 6.71. The van der Waals surface area contributed by atoms with E-state index >= 15 is 0 Å². The summed E-state index contributed by atoms with van der Waals surface area (Å²) in [6.07, 6.45) is 1.10. The van der Waals surface area contributed by atoms with E-state index in [0.717, 1.165) is 23.6 Å². The Morgan fingerprint density at radius 2 is 2.00 bits per heavy atom. The smallest absolute Gasteiger partial charge is 0.0580 e. The number of benzene rings is 2. The first-order valence-electron chi connectivity index (χ1n) is 6.33. The lowest BCUT2D eigenvalue weighted by Gasteiger charge is -2.27. The summed E-state index contributed by atoms with van der Waals surface area (Å²) >= 11 is 6.23. The van der Waals surface area contributed by atoms with Crippen molar-refractivity contribution >= 4 is 11.6 Å². The molecule has 0 spiro atoms. The zero-order valence-corrected chi connectivity index (χ0v) is 11.2. The molecular formula is C16H16ClN. The number of nitrogens with one attached hydrogen (secondary N) is 1. The molecule has 1 unspecified atom stereocenters. The van der Waals surface area contributed by atoms with E-state index in [1.54, 1.807) is 0 Å². The SMILES string of the molecule is Cc1ccc(C2NCCc3ccccc32)cc1Cl. The Kier molecular flexibility index (Phi) is 3.11. The van der Waals surface area contributed by atoms with Crippen molar-refractivity contribution in [2.75, 3.05) is 6.54 Å². The summed E-state index contributed by atoms with van der Waals surface area (Å²) in [5.41, 5.74) is 5.20. The van der Waals surface area contributed by atoms with Gasteiger partial charge in [0.2, 0.25) is 0 Å². The van der Waals surface area contributed by atoms with Gasteiger partial charge in [-0.15, -0.1) is 0 Å². The molecular weight excluding hydrogens is 242 g/mol. The monoisotopic (exact) mass is 257 g/mol. The van der Waals surface area contributed by atoms with Crippen LogP contribution in [0.15, 0.2) is 42.5 Å². The van der Waals surface area contributed by atoms with E-state index in [2.05, 4.69) is 47.8 Å². The fraction of sp³-hybridized carbons (Fsp3) is 0.250. The van der Waals surface area contributed by atoms with Crippen LogP contribution in [0.2, 0.25) is 5.02 Å². The molecule has 0 radical (unpaired) electrons. The van der Waals surface area contributed by atoms with Gasteiger partial charge in [-0.1, -0.05) is 48.0 Å². The van der Waals surface area contributed by atoms with Crippen LogP contribution in [0.3, 0.4) is 0 Å². The Balaban J connectivity index is 2.05. The lowest BCUT2D eigenvalue weighted by Crippen LogP contribution is -2.30. The first kappa shape index (κ1) is 11.8. The van der Waals surface area contributed by atoms with E-state index < -0.39 is 0 Å². The van der Waals surface area contributed by atoms with E-state index in [9.17, 15) is 0 Å². The highest BCUT2D eigenvalue weighted by Crippen LogP contribution is 2.30. The quantitative estimate of drug-likeness (QED) is 0.818. The molecule has 0 aliphatic carbocycles. The van der Waals surface area contributed by atoms with Crippen molar-refractivity contribution in [1.29, 1.82) is 0 Å². The van der Waals surface area contributed by atoms with Crippen LogP contribution in [0.5, 0.6) is 0 Å². The van der Waals surface area contributed by atoms with Crippen LogP contribution < -0.4 is 5.32 Å². The van der Waals surface area contributed by atoms with Crippen LogP contribution in [0, 0.1) is 6.92 Å². The molecule has 1 N–H and O–H groups in total. The van der Waals surface area contributed by atoms with Gasteiger partial charge in [-0.2, -0.15) is 0 Å². The number of hydrogen-bond acceptors (Lipinski definition) is 1. The molecule has 2 aromatic carbocycles. The van der Waals surface area contributed by atoms with Crippen LogP contribution in [0.1, 0.15) is 28.3 Å². The van der Waals surface area contributed by atoms with Gasteiger partial charge in [0.1, 0.15) is 0 Å². The van der Waals surface area contributed by atoms with Gasteiger partial charge in [0, 0.05) is 11.6 Å². The van der Waals surface area contributed by atoms with E-state index in [4.69, 9.17) is 11.6 Å². The number of halogens is 1. The van der Waals surface area contributed by atoms with Crippen molar-refractivity contribution in [3.63, 3.8) is 0 Å². The van der Waals surface area contributed by atoms with E-state index in [-0.39, 0.29) is 6.04 Å². The molecule has 0 aromatic heterocycles. The highest BCUT2D eigenvalue weighted by molar-refractivity contribution is 6.31. The molecule has 1 heterocycles. The molecule has 18 heavy (non-hydrogen) atoms. The van der Waals surface area contributed by atoms with Gasteiger partial charge >= 0.3 is 0 Å².